The summed E-state index contributed by atoms with van der Waals surface area (Å²) in [6.45, 7) is 4.34. The summed E-state index contributed by atoms with van der Waals surface area (Å²) in [5, 5.41) is 1.32. The van der Waals surface area contributed by atoms with Crippen molar-refractivity contribution in [3.05, 3.63) is 94.2 Å². The van der Waals surface area contributed by atoms with Crippen molar-refractivity contribution in [2.75, 3.05) is 20.8 Å². The maximum atomic E-state index is 13.6. The number of methoxy groups -OCH3 is 2. The molecule has 0 unspecified atom stereocenters. The minimum atomic E-state index is -0.209. The Morgan fingerprint density at radius 1 is 0.921 bits per heavy atom. The lowest BCUT2D eigenvalue weighted by Gasteiger charge is -2.11. The Bertz CT molecular complexity index is 1750. The SMILES string of the molecule is CCOc1ccc2oc(-c3ccc(OC)c(OC)c3)cc(=Nc3c(C)n(C)n(-c4ccccc4)c3=O)c2c1. The maximum Gasteiger partial charge on any atom is 0.297 e. The first-order chi connectivity index (χ1) is 18.4. The van der Waals surface area contributed by atoms with Gasteiger partial charge in [0.2, 0.25) is 0 Å². The topological polar surface area (TPSA) is 80.1 Å². The number of rotatable bonds is 7. The number of nitrogens with zero attached hydrogens (tertiary/aromatic N) is 3. The van der Waals surface area contributed by atoms with Crippen molar-refractivity contribution < 1.29 is 18.6 Å². The third-order valence-electron chi connectivity index (χ3n) is 6.45. The molecule has 2 heterocycles. The van der Waals surface area contributed by atoms with Crippen molar-refractivity contribution in [1.29, 1.82) is 0 Å². The van der Waals surface area contributed by atoms with Crippen molar-refractivity contribution in [3.63, 3.8) is 0 Å². The lowest BCUT2D eigenvalue weighted by Crippen LogP contribution is -2.19. The summed E-state index contributed by atoms with van der Waals surface area (Å²) in [7, 11) is 5.03. The monoisotopic (exact) mass is 511 g/mol. The summed E-state index contributed by atoms with van der Waals surface area (Å²) in [5.74, 6) is 2.45. The molecular formula is C30H29N3O5. The van der Waals surface area contributed by atoms with Gasteiger partial charge in [0.1, 0.15) is 17.1 Å². The van der Waals surface area contributed by atoms with Crippen LogP contribution in [0.2, 0.25) is 0 Å². The molecule has 0 saturated carbocycles. The van der Waals surface area contributed by atoms with Crippen molar-refractivity contribution in [2.45, 2.75) is 13.8 Å². The van der Waals surface area contributed by atoms with Crippen LogP contribution in [-0.2, 0) is 7.05 Å². The summed E-state index contributed by atoms with van der Waals surface area (Å²) in [4.78, 5) is 18.5. The molecule has 0 amide bonds. The van der Waals surface area contributed by atoms with Crippen LogP contribution in [0.3, 0.4) is 0 Å². The second-order valence-corrected chi connectivity index (χ2v) is 8.68. The summed E-state index contributed by atoms with van der Waals surface area (Å²) in [5.41, 5.74) is 3.03. The number of aromatic nitrogens is 2. The molecule has 3 aromatic carbocycles. The highest BCUT2D eigenvalue weighted by atomic mass is 16.5. The Hall–Kier alpha value is -4.72. The quantitative estimate of drug-likeness (QED) is 0.286. The van der Waals surface area contributed by atoms with Gasteiger partial charge in [-0.15, -0.1) is 0 Å². The van der Waals surface area contributed by atoms with E-state index in [4.69, 9.17) is 23.6 Å². The Balaban J connectivity index is 1.78. The van der Waals surface area contributed by atoms with Crippen LogP contribution in [0, 0.1) is 6.92 Å². The molecule has 2 aromatic heterocycles. The predicted molar refractivity (Wildman–Crippen MR) is 147 cm³/mol. The molecule has 0 bridgehead atoms. The minimum absolute atomic E-state index is 0.209. The van der Waals surface area contributed by atoms with E-state index < -0.39 is 0 Å². The highest BCUT2D eigenvalue weighted by molar-refractivity contribution is 5.80. The predicted octanol–water partition coefficient (Wildman–Crippen LogP) is 5.55. The van der Waals surface area contributed by atoms with E-state index in [1.807, 2.05) is 98.4 Å². The minimum Gasteiger partial charge on any atom is -0.494 e. The number of ether oxygens (including phenoxy) is 3. The van der Waals surface area contributed by atoms with E-state index in [0.29, 0.717) is 46.2 Å². The number of hydrogen-bond donors (Lipinski definition) is 0. The first-order valence-corrected chi connectivity index (χ1v) is 12.3. The molecule has 0 fully saturated rings. The van der Waals surface area contributed by atoms with Crippen molar-refractivity contribution >= 4 is 16.7 Å². The molecule has 8 heteroatoms. The van der Waals surface area contributed by atoms with Gasteiger partial charge in [0.25, 0.3) is 5.56 Å². The highest BCUT2D eigenvalue weighted by Crippen LogP contribution is 2.33. The molecule has 0 spiro atoms. The third kappa shape index (κ3) is 4.45. The average molecular weight is 512 g/mol. The van der Waals surface area contributed by atoms with Crippen LogP contribution < -0.4 is 25.1 Å². The van der Waals surface area contributed by atoms with Crippen LogP contribution in [0.25, 0.3) is 28.0 Å². The normalized spacial score (nSPS) is 11.7. The first kappa shape index (κ1) is 25.0. The fourth-order valence-electron chi connectivity index (χ4n) is 4.43. The van der Waals surface area contributed by atoms with Gasteiger partial charge in [0.05, 0.1) is 37.6 Å². The highest BCUT2D eigenvalue weighted by Gasteiger charge is 2.17. The van der Waals surface area contributed by atoms with Crippen LogP contribution in [0.15, 0.2) is 87.0 Å². The molecule has 0 aliphatic carbocycles. The van der Waals surface area contributed by atoms with Gasteiger partial charge in [-0.25, -0.2) is 9.67 Å². The van der Waals surface area contributed by atoms with Crippen LogP contribution in [0.1, 0.15) is 12.6 Å². The second kappa shape index (κ2) is 10.3. The van der Waals surface area contributed by atoms with Gasteiger partial charge >= 0.3 is 0 Å². The van der Waals surface area contributed by atoms with Crippen LogP contribution in [-0.4, -0.2) is 30.2 Å². The fourth-order valence-corrected chi connectivity index (χ4v) is 4.43. The van der Waals surface area contributed by atoms with Crippen LogP contribution in [0.5, 0.6) is 17.2 Å². The second-order valence-electron chi connectivity index (χ2n) is 8.68. The molecule has 194 valence electrons. The molecule has 0 saturated heterocycles. The Morgan fingerprint density at radius 3 is 2.39 bits per heavy atom. The van der Waals surface area contributed by atoms with Gasteiger partial charge in [0.15, 0.2) is 17.2 Å². The molecule has 5 rings (SSSR count). The van der Waals surface area contributed by atoms with Gasteiger partial charge in [-0.2, -0.15) is 0 Å². The van der Waals surface area contributed by atoms with Gasteiger partial charge in [0, 0.05) is 24.1 Å². The number of benzene rings is 3. The summed E-state index contributed by atoms with van der Waals surface area (Å²) >= 11 is 0. The largest absolute Gasteiger partial charge is 0.494 e. The van der Waals surface area contributed by atoms with E-state index in [1.54, 1.807) is 18.9 Å². The molecule has 38 heavy (non-hydrogen) atoms. The Morgan fingerprint density at radius 2 is 1.68 bits per heavy atom. The molecule has 0 aliphatic heterocycles. The molecule has 0 N–H and O–H groups in total. The fraction of sp³-hybridized carbons (Fsp3) is 0.200. The molecule has 0 aliphatic rings. The van der Waals surface area contributed by atoms with E-state index in [9.17, 15) is 4.79 Å². The number of fused-ring (bicyclic) bond motifs is 1. The van der Waals surface area contributed by atoms with E-state index in [1.165, 1.54) is 0 Å². The molecular weight excluding hydrogens is 482 g/mol. The van der Waals surface area contributed by atoms with E-state index >= 15 is 0 Å². The van der Waals surface area contributed by atoms with E-state index in [0.717, 1.165) is 22.3 Å². The zero-order valence-corrected chi connectivity index (χ0v) is 22.0. The van der Waals surface area contributed by atoms with Crippen LogP contribution in [0.4, 0.5) is 5.69 Å². The lowest BCUT2D eigenvalue weighted by atomic mass is 10.1. The zero-order valence-electron chi connectivity index (χ0n) is 22.0. The standard InChI is InChI=1S/C30H29N3O5/c1-6-37-22-13-15-25-23(17-22)24(18-27(38-25)20-12-14-26(35-4)28(16-20)36-5)31-29-19(2)32(3)33(30(29)34)21-10-8-7-9-11-21/h7-18H,6H2,1-5H3. The van der Waals surface area contributed by atoms with E-state index in [-0.39, 0.29) is 5.56 Å². The number of hydrogen-bond acceptors (Lipinski definition) is 6. The van der Waals surface area contributed by atoms with Crippen molar-refractivity contribution in [3.8, 4) is 34.3 Å². The molecule has 0 radical (unpaired) electrons. The van der Waals surface area contributed by atoms with Gasteiger partial charge in [-0.1, -0.05) is 18.2 Å². The summed E-state index contributed by atoms with van der Waals surface area (Å²) in [6.07, 6.45) is 0. The Kier molecular flexibility index (Phi) is 6.79. The van der Waals surface area contributed by atoms with Crippen LogP contribution >= 0.6 is 0 Å². The van der Waals surface area contributed by atoms with Gasteiger partial charge in [-0.3, -0.25) is 9.48 Å². The lowest BCUT2D eigenvalue weighted by molar-refractivity contribution is 0.340. The Labute approximate surface area is 219 Å². The smallest absolute Gasteiger partial charge is 0.297 e. The molecule has 5 aromatic rings. The first-order valence-electron chi connectivity index (χ1n) is 12.3. The summed E-state index contributed by atoms with van der Waals surface area (Å²) < 4.78 is 26.3. The van der Waals surface area contributed by atoms with E-state index in [2.05, 4.69) is 0 Å². The maximum absolute atomic E-state index is 13.6. The number of para-hydroxylation sites is 1. The van der Waals surface area contributed by atoms with Crippen molar-refractivity contribution in [1.82, 2.24) is 9.36 Å². The molecule has 8 nitrogen and oxygen atoms in total. The summed E-state index contributed by atoms with van der Waals surface area (Å²) in [6, 6.07) is 22.5. The van der Waals surface area contributed by atoms with Crippen molar-refractivity contribution in [2.24, 2.45) is 12.0 Å². The van der Waals surface area contributed by atoms with Gasteiger partial charge < -0.3 is 18.6 Å². The zero-order chi connectivity index (χ0) is 26.8. The molecule has 0 atom stereocenters. The third-order valence-corrected chi connectivity index (χ3v) is 6.45. The average Bonchev–Trinajstić information content (AvgIpc) is 3.16. The van der Waals surface area contributed by atoms with Gasteiger partial charge in [-0.05, 0) is 62.4 Å².